The van der Waals surface area contributed by atoms with Crippen molar-refractivity contribution in [3.63, 3.8) is 0 Å². The third kappa shape index (κ3) is 3.02. The lowest BCUT2D eigenvalue weighted by Gasteiger charge is -2.28. The first kappa shape index (κ1) is 16.2. The van der Waals surface area contributed by atoms with Crippen LogP contribution in [0.2, 0.25) is 6.55 Å². The van der Waals surface area contributed by atoms with Gasteiger partial charge < -0.3 is 0 Å². The average molecular weight is 343 g/mol. The first-order chi connectivity index (χ1) is 11.5. The minimum Gasteiger partial charge on any atom is -0.294 e. The summed E-state index contributed by atoms with van der Waals surface area (Å²) in [5.41, 5.74) is 0. The fourth-order valence-corrected chi connectivity index (χ4v) is 6.12. The van der Waals surface area contributed by atoms with Crippen LogP contribution in [-0.4, -0.2) is 29.1 Å². The third-order valence-corrected chi connectivity index (χ3v) is 8.33. The number of carbonyl (C=O) groups is 1. The van der Waals surface area contributed by atoms with Crippen molar-refractivity contribution in [2.45, 2.75) is 12.7 Å². The van der Waals surface area contributed by atoms with Gasteiger partial charge in [-0.1, -0.05) is 41.2 Å². The van der Waals surface area contributed by atoms with E-state index < -0.39 is 8.07 Å². The fraction of sp³-hybridized carbons (Fsp3) is 0.118. The van der Waals surface area contributed by atoms with Crippen LogP contribution in [0.15, 0.2) is 54.9 Å². The van der Waals surface area contributed by atoms with Crippen LogP contribution in [0.3, 0.4) is 0 Å². The number of halogens is 2. The number of hydrogen-bond acceptors (Lipinski definition) is 3. The molecule has 4 nitrogen and oxygen atoms in total. The summed E-state index contributed by atoms with van der Waals surface area (Å²) < 4.78 is 28.2. The largest absolute Gasteiger partial charge is 0.294 e. The van der Waals surface area contributed by atoms with E-state index in [1.807, 2.05) is 0 Å². The monoisotopic (exact) mass is 343 g/mol. The molecule has 3 aromatic rings. The normalized spacial score (nSPS) is 11.5. The Kier molecular flexibility index (Phi) is 4.35. The van der Waals surface area contributed by atoms with E-state index in [9.17, 15) is 13.6 Å². The van der Waals surface area contributed by atoms with Gasteiger partial charge in [0.15, 0.2) is 12.1 Å². The van der Waals surface area contributed by atoms with Gasteiger partial charge >= 0.3 is 0 Å². The Labute approximate surface area is 138 Å². The second-order valence-corrected chi connectivity index (χ2v) is 9.87. The molecule has 0 spiro atoms. The third-order valence-electron chi connectivity index (χ3n) is 4.18. The van der Waals surface area contributed by atoms with E-state index in [2.05, 4.69) is 16.6 Å². The zero-order chi connectivity index (χ0) is 17.2. The van der Waals surface area contributed by atoms with Crippen LogP contribution < -0.4 is 10.4 Å². The molecule has 122 valence electrons. The number of nitrogens with zero attached hydrogens (tertiary/aromatic N) is 3. The van der Waals surface area contributed by atoms with Gasteiger partial charge in [-0.05, 0) is 24.3 Å². The lowest BCUT2D eigenvalue weighted by atomic mass is 10.3. The second kappa shape index (κ2) is 6.44. The summed E-state index contributed by atoms with van der Waals surface area (Å²) in [6.45, 7) is 2.07. The smallest absolute Gasteiger partial charge is 0.190 e. The standard InChI is InChI=1S/C17H15F2N3OSi/c1-24(15-6-2-13(18)3-7-15,16-8-4-14(19)5-9-16)12-22-17(10-23)20-11-21-22/h2-11H,12H2,1H3. The van der Waals surface area contributed by atoms with Crippen molar-refractivity contribution in [3.8, 4) is 0 Å². The van der Waals surface area contributed by atoms with E-state index in [1.54, 1.807) is 28.9 Å². The number of aldehydes is 1. The molecule has 0 radical (unpaired) electrons. The van der Waals surface area contributed by atoms with Crippen molar-refractivity contribution < 1.29 is 13.6 Å². The summed E-state index contributed by atoms with van der Waals surface area (Å²) in [4.78, 5) is 15.0. The van der Waals surface area contributed by atoms with Gasteiger partial charge in [-0.2, -0.15) is 5.10 Å². The van der Waals surface area contributed by atoms with E-state index in [-0.39, 0.29) is 17.5 Å². The maximum atomic E-state index is 13.3. The molecule has 0 atom stereocenters. The number of aromatic nitrogens is 3. The van der Waals surface area contributed by atoms with Crippen LogP contribution in [0, 0.1) is 11.6 Å². The maximum Gasteiger partial charge on any atom is 0.190 e. The Morgan fingerprint density at radius 1 is 1.00 bits per heavy atom. The Hall–Kier alpha value is -2.67. The molecule has 0 amide bonds. The lowest BCUT2D eigenvalue weighted by molar-refractivity contribution is 0.111. The number of hydrogen-bond donors (Lipinski definition) is 0. The molecule has 0 N–H and O–H groups in total. The SMILES string of the molecule is C[Si](Cn1ncnc1C=O)(c1ccc(F)cc1)c1ccc(F)cc1. The molecule has 0 saturated carbocycles. The van der Waals surface area contributed by atoms with Gasteiger partial charge in [-0.25, -0.2) is 18.4 Å². The molecule has 0 aliphatic heterocycles. The van der Waals surface area contributed by atoms with Gasteiger partial charge in [0, 0.05) is 6.17 Å². The summed E-state index contributed by atoms with van der Waals surface area (Å²) in [5.74, 6) is -0.398. The van der Waals surface area contributed by atoms with Crippen molar-refractivity contribution in [2.75, 3.05) is 0 Å². The minimum absolute atomic E-state index is 0.234. The summed E-state index contributed by atoms with van der Waals surface area (Å²) in [6, 6.07) is 12.6. The molecule has 0 unspecified atom stereocenters. The molecule has 0 fully saturated rings. The zero-order valence-corrected chi connectivity index (χ0v) is 14.0. The maximum absolute atomic E-state index is 13.3. The molecule has 1 heterocycles. The predicted molar refractivity (Wildman–Crippen MR) is 89.1 cm³/mol. The molecule has 0 bridgehead atoms. The Morgan fingerprint density at radius 2 is 1.50 bits per heavy atom. The highest BCUT2D eigenvalue weighted by Crippen LogP contribution is 2.11. The molecule has 0 saturated heterocycles. The molecule has 0 aliphatic rings. The number of carbonyl (C=O) groups excluding carboxylic acids is 1. The van der Waals surface area contributed by atoms with Gasteiger partial charge in [-0.15, -0.1) is 0 Å². The lowest BCUT2D eigenvalue weighted by Crippen LogP contribution is -2.59. The fourth-order valence-electron chi connectivity index (χ4n) is 2.77. The second-order valence-electron chi connectivity index (χ2n) is 5.74. The number of rotatable bonds is 5. The topological polar surface area (TPSA) is 47.8 Å². The predicted octanol–water partition coefficient (Wildman–Crippen LogP) is 1.80. The minimum atomic E-state index is -2.43. The molecule has 7 heteroatoms. The highest BCUT2D eigenvalue weighted by Gasteiger charge is 2.33. The highest BCUT2D eigenvalue weighted by atomic mass is 28.3. The molecule has 1 aromatic heterocycles. The van der Waals surface area contributed by atoms with Crippen LogP contribution in [0.4, 0.5) is 8.78 Å². The van der Waals surface area contributed by atoms with Crippen LogP contribution >= 0.6 is 0 Å². The van der Waals surface area contributed by atoms with Crippen LogP contribution in [0.25, 0.3) is 0 Å². The van der Waals surface area contributed by atoms with Crippen molar-refractivity contribution in [3.05, 3.63) is 72.3 Å². The van der Waals surface area contributed by atoms with Crippen molar-refractivity contribution >= 4 is 24.7 Å². The first-order valence-corrected chi connectivity index (χ1v) is 10.1. The summed E-state index contributed by atoms with van der Waals surface area (Å²) >= 11 is 0. The van der Waals surface area contributed by atoms with Gasteiger partial charge in [0.25, 0.3) is 0 Å². The molecule has 2 aromatic carbocycles. The number of benzene rings is 2. The van der Waals surface area contributed by atoms with Gasteiger partial charge in [0.1, 0.15) is 26.0 Å². The van der Waals surface area contributed by atoms with Crippen molar-refractivity contribution in [1.82, 2.24) is 14.8 Å². The van der Waals surface area contributed by atoms with E-state index >= 15 is 0 Å². The molecular formula is C17H15F2N3OSi. The van der Waals surface area contributed by atoms with Gasteiger partial charge in [0.05, 0.1) is 0 Å². The first-order valence-electron chi connectivity index (χ1n) is 7.38. The molecule has 3 rings (SSSR count). The Bertz CT molecular complexity index is 802. The van der Waals surface area contributed by atoms with Crippen molar-refractivity contribution in [1.29, 1.82) is 0 Å². The summed E-state index contributed by atoms with van der Waals surface area (Å²) in [5, 5.41) is 6.04. The summed E-state index contributed by atoms with van der Waals surface area (Å²) in [6.07, 6.45) is 2.42. The molecule has 0 aliphatic carbocycles. The quantitative estimate of drug-likeness (QED) is 0.524. The average Bonchev–Trinajstić information content (AvgIpc) is 3.02. The Morgan fingerprint density at radius 3 is 1.96 bits per heavy atom. The zero-order valence-electron chi connectivity index (χ0n) is 13.0. The molecular weight excluding hydrogens is 328 g/mol. The van der Waals surface area contributed by atoms with Crippen LogP contribution in [0.1, 0.15) is 10.6 Å². The Balaban J connectivity index is 2.11. The summed E-state index contributed by atoms with van der Waals surface area (Å²) in [7, 11) is -2.43. The van der Waals surface area contributed by atoms with Gasteiger partial charge in [0.2, 0.25) is 0 Å². The van der Waals surface area contributed by atoms with E-state index in [0.29, 0.717) is 12.5 Å². The van der Waals surface area contributed by atoms with Gasteiger partial charge in [-0.3, -0.25) is 4.79 Å². The van der Waals surface area contributed by atoms with Crippen molar-refractivity contribution in [2.24, 2.45) is 0 Å². The molecule has 24 heavy (non-hydrogen) atoms. The van der Waals surface area contributed by atoms with Crippen LogP contribution in [-0.2, 0) is 6.17 Å². The highest BCUT2D eigenvalue weighted by molar-refractivity contribution is 7.00. The van der Waals surface area contributed by atoms with E-state index in [4.69, 9.17) is 0 Å². The van der Waals surface area contributed by atoms with Crippen LogP contribution in [0.5, 0.6) is 0 Å². The van der Waals surface area contributed by atoms with E-state index in [1.165, 1.54) is 30.6 Å². The van der Waals surface area contributed by atoms with E-state index in [0.717, 1.165) is 10.4 Å².